The fourth-order valence-electron chi connectivity index (χ4n) is 5.27. The van der Waals surface area contributed by atoms with Crippen LogP contribution in [0.15, 0.2) is 48.5 Å². The first-order valence-corrected chi connectivity index (χ1v) is 16.5. The Balaban J connectivity index is 1.53. The molecule has 6 heteroatoms. The van der Waals surface area contributed by atoms with Crippen molar-refractivity contribution in [1.29, 1.82) is 0 Å². The SMILES string of the molecule is CCCCCCCCCCC(=O)NOc1cc2cc3ccccc3cc2cc1ONC(=O)CCCCCCCCCC. The van der Waals surface area contributed by atoms with Gasteiger partial charge in [-0.2, -0.15) is 11.0 Å². The third kappa shape index (κ3) is 12.3. The highest BCUT2D eigenvalue weighted by molar-refractivity contribution is 5.99. The van der Waals surface area contributed by atoms with Crippen molar-refractivity contribution < 1.29 is 19.3 Å². The summed E-state index contributed by atoms with van der Waals surface area (Å²) in [6, 6.07) is 16.0. The van der Waals surface area contributed by atoms with Crippen LogP contribution in [-0.2, 0) is 9.59 Å². The van der Waals surface area contributed by atoms with Crippen LogP contribution in [0.25, 0.3) is 21.5 Å². The number of rotatable bonds is 22. The van der Waals surface area contributed by atoms with Gasteiger partial charge in [0.2, 0.25) is 11.5 Å². The van der Waals surface area contributed by atoms with Gasteiger partial charge in [0, 0.05) is 12.8 Å². The number of hydroxylamine groups is 2. The van der Waals surface area contributed by atoms with Gasteiger partial charge in [-0.05, 0) is 58.7 Å². The van der Waals surface area contributed by atoms with Crippen LogP contribution in [0.5, 0.6) is 11.5 Å². The van der Waals surface area contributed by atoms with Crippen LogP contribution < -0.4 is 20.6 Å². The van der Waals surface area contributed by atoms with E-state index in [-0.39, 0.29) is 11.8 Å². The molecule has 0 aliphatic heterocycles. The molecule has 0 spiro atoms. The number of nitrogens with one attached hydrogen (secondary N) is 2. The summed E-state index contributed by atoms with van der Waals surface area (Å²) in [5, 5.41) is 4.14. The summed E-state index contributed by atoms with van der Waals surface area (Å²) in [4.78, 5) is 36.5. The van der Waals surface area contributed by atoms with Gasteiger partial charge in [-0.1, -0.05) is 128 Å². The lowest BCUT2D eigenvalue weighted by Crippen LogP contribution is -2.29. The molecule has 0 saturated heterocycles. The van der Waals surface area contributed by atoms with E-state index < -0.39 is 0 Å². The Morgan fingerprint density at radius 1 is 0.500 bits per heavy atom. The molecule has 0 unspecified atom stereocenters. The second-order valence-electron chi connectivity index (χ2n) is 11.5. The van der Waals surface area contributed by atoms with Gasteiger partial charge >= 0.3 is 0 Å². The second kappa shape index (κ2) is 19.8. The fourth-order valence-corrected chi connectivity index (χ4v) is 5.27. The number of benzene rings is 3. The van der Waals surface area contributed by atoms with E-state index in [1.54, 1.807) is 0 Å². The van der Waals surface area contributed by atoms with E-state index in [0.717, 1.165) is 60.1 Å². The van der Waals surface area contributed by atoms with Gasteiger partial charge < -0.3 is 9.68 Å². The Bertz CT molecular complexity index is 1130. The van der Waals surface area contributed by atoms with Gasteiger partial charge in [-0.3, -0.25) is 9.59 Å². The normalized spacial score (nSPS) is 11.1. The average Bonchev–Trinajstić information content (AvgIpc) is 3.00. The van der Waals surface area contributed by atoms with E-state index in [1.807, 2.05) is 24.3 Å². The molecule has 0 saturated carbocycles. The smallest absolute Gasteiger partial charge is 0.252 e. The largest absolute Gasteiger partial charge is 0.375 e. The fraction of sp³-hybridized carbons (Fsp3) is 0.556. The Morgan fingerprint density at radius 2 is 0.857 bits per heavy atom. The molecule has 3 rings (SSSR count). The summed E-state index contributed by atoms with van der Waals surface area (Å²) >= 11 is 0. The van der Waals surface area contributed by atoms with Crippen LogP contribution in [0.4, 0.5) is 0 Å². The zero-order valence-electron chi connectivity index (χ0n) is 26.0. The van der Waals surface area contributed by atoms with Crippen LogP contribution in [-0.4, -0.2) is 11.8 Å². The predicted octanol–water partition coefficient (Wildman–Crippen LogP) is 9.87. The predicted molar refractivity (Wildman–Crippen MR) is 173 cm³/mol. The summed E-state index contributed by atoms with van der Waals surface area (Å²) in [6.45, 7) is 4.45. The number of carbonyl (C=O) groups is 2. The summed E-state index contributed by atoms with van der Waals surface area (Å²) in [7, 11) is 0. The molecule has 2 N–H and O–H groups in total. The van der Waals surface area contributed by atoms with Gasteiger partial charge in [-0.15, -0.1) is 0 Å². The maximum absolute atomic E-state index is 12.5. The first-order valence-electron chi connectivity index (χ1n) is 16.5. The number of amides is 2. The molecule has 6 nitrogen and oxygen atoms in total. The maximum Gasteiger partial charge on any atom is 0.252 e. The third-order valence-corrected chi connectivity index (χ3v) is 7.83. The van der Waals surface area contributed by atoms with Crippen molar-refractivity contribution in [3.05, 3.63) is 48.5 Å². The van der Waals surface area contributed by atoms with Gasteiger partial charge in [-0.25, -0.2) is 0 Å². The molecular weight excluding hydrogens is 524 g/mol. The van der Waals surface area contributed by atoms with E-state index >= 15 is 0 Å². The number of fused-ring (bicyclic) bond motifs is 2. The van der Waals surface area contributed by atoms with E-state index in [4.69, 9.17) is 9.68 Å². The Morgan fingerprint density at radius 3 is 1.24 bits per heavy atom. The number of hydrogen-bond acceptors (Lipinski definition) is 4. The second-order valence-corrected chi connectivity index (χ2v) is 11.5. The van der Waals surface area contributed by atoms with Crippen LogP contribution in [0.3, 0.4) is 0 Å². The van der Waals surface area contributed by atoms with Crippen LogP contribution in [0, 0.1) is 0 Å². The molecule has 230 valence electrons. The highest BCUT2D eigenvalue weighted by Gasteiger charge is 2.13. The lowest BCUT2D eigenvalue weighted by atomic mass is 10.0. The number of hydrogen-bond donors (Lipinski definition) is 2. The molecule has 0 fully saturated rings. The van der Waals surface area contributed by atoms with E-state index in [1.165, 1.54) is 64.2 Å². The number of unbranched alkanes of at least 4 members (excludes halogenated alkanes) is 14. The summed E-state index contributed by atoms with van der Waals surface area (Å²) < 4.78 is 0. The zero-order valence-corrected chi connectivity index (χ0v) is 26.0. The standard InChI is InChI=1S/C36H52N2O4/c1-3-5-7-9-11-13-15-17-23-35(39)37-41-33-27-31-25-29-21-19-20-22-30(29)26-32(31)28-34(33)42-38-36(40)24-18-16-14-12-10-8-6-4-2/h19-22,25-28H,3-18,23-24H2,1-2H3,(H,37,39)(H,38,40). The maximum atomic E-state index is 12.5. The first kappa shape index (κ1) is 33.2. The lowest BCUT2D eigenvalue weighted by Gasteiger charge is -2.14. The molecular formula is C36H52N2O4. The van der Waals surface area contributed by atoms with E-state index in [9.17, 15) is 9.59 Å². The molecule has 0 heterocycles. The minimum Gasteiger partial charge on any atom is -0.375 e. The molecule has 3 aromatic carbocycles. The molecule has 2 amide bonds. The van der Waals surface area contributed by atoms with Crippen molar-refractivity contribution in [3.8, 4) is 11.5 Å². The van der Waals surface area contributed by atoms with E-state index in [2.05, 4.69) is 49.1 Å². The molecule has 0 aromatic heterocycles. The van der Waals surface area contributed by atoms with Gasteiger partial charge in [0.1, 0.15) is 0 Å². The lowest BCUT2D eigenvalue weighted by molar-refractivity contribution is -0.129. The van der Waals surface area contributed by atoms with Crippen molar-refractivity contribution in [2.45, 2.75) is 129 Å². The highest BCUT2D eigenvalue weighted by atomic mass is 16.7. The topological polar surface area (TPSA) is 76.7 Å². The molecule has 0 aliphatic rings. The van der Waals surface area contributed by atoms with Crippen molar-refractivity contribution >= 4 is 33.4 Å². The van der Waals surface area contributed by atoms with Gasteiger partial charge in [0.15, 0.2) is 0 Å². The van der Waals surface area contributed by atoms with Crippen LogP contribution in [0.1, 0.15) is 129 Å². The van der Waals surface area contributed by atoms with Crippen molar-refractivity contribution in [2.24, 2.45) is 0 Å². The average molecular weight is 577 g/mol. The van der Waals surface area contributed by atoms with Crippen molar-refractivity contribution in [2.75, 3.05) is 0 Å². The minimum absolute atomic E-state index is 0.163. The quantitative estimate of drug-likeness (QED) is 0.0709. The van der Waals surface area contributed by atoms with Gasteiger partial charge in [0.05, 0.1) is 0 Å². The molecule has 0 atom stereocenters. The molecule has 3 aromatic rings. The van der Waals surface area contributed by atoms with Gasteiger partial charge in [0.25, 0.3) is 11.8 Å². The minimum atomic E-state index is -0.163. The van der Waals surface area contributed by atoms with Crippen molar-refractivity contribution in [1.82, 2.24) is 11.0 Å². The Kier molecular flexibility index (Phi) is 15.6. The molecule has 0 bridgehead atoms. The third-order valence-electron chi connectivity index (χ3n) is 7.83. The Labute approximate surface area is 252 Å². The Hall–Kier alpha value is -3.28. The first-order chi connectivity index (χ1) is 20.6. The number of carbonyl (C=O) groups excluding carboxylic acids is 2. The van der Waals surface area contributed by atoms with Crippen molar-refractivity contribution in [3.63, 3.8) is 0 Å². The zero-order chi connectivity index (χ0) is 29.8. The molecule has 42 heavy (non-hydrogen) atoms. The summed E-state index contributed by atoms with van der Waals surface area (Å²) in [5.74, 6) is 0.386. The summed E-state index contributed by atoms with van der Waals surface area (Å²) in [5.41, 5.74) is 5.16. The monoisotopic (exact) mass is 576 g/mol. The van der Waals surface area contributed by atoms with E-state index in [0.29, 0.717) is 24.3 Å². The molecule has 0 aliphatic carbocycles. The highest BCUT2D eigenvalue weighted by Crippen LogP contribution is 2.34. The molecule has 0 radical (unpaired) electrons. The van der Waals surface area contributed by atoms with Crippen LogP contribution in [0.2, 0.25) is 0 Å². The van der Waals surface area contributed by atoms with Crippen LogP contribution >= 0.6 is 0 Å². The summed E-state index contributed by atoms with van der Waals surface area (Å²) in [6.07, 6.45) is 19.7.